The molecule has 0 spiro atoms. The lowest BCUT2D eigenvalue weighted by molar-refractivity contribution is -0.0102. The molecule has 0 aromatic heterocycles. The minimum atomic E-state index is 0.372. The third-order valence-electron chi connectivity index (χ3n) is 6.11. The van der Waals surface area contributed by atoms with Gasteiger partial charge in [-0.2, -0.15) is 0 Å². The molecule has 0 amide bonds. The Labute approximate surface area is 122 Å². The summed E-state index contributed by atoms with van der Waals surface area (Å²) >= 11 is 5.60. The predicted molar refractivity (Wildman–Crippen MR) is 82.0 cm³/mol. The Morgan fingerprint density at radius 2 is 1.42 bits per heavy atom. The first-order valence-electron chi connectivity index (χ1n) is 8.29. The molecule has 3 heteroatoms. The van der Waals surface area contributed by atoms with E-state index in [0.717, 1.165) is 22.9 Å². The summed E-state index contributed by atoms with van der Waals surface area (Å²) in [5, 5.41) is 8.30. The van der Waals surface area contributed by atoms with Crippen molar-refractivity contribution in [3.05, 3.63) is 0 Å². The number of thiocarbonyl (C=S) groups is 1. The number of hydrogen-bond acceptors (Lipinski definition) is 1. The lowest BCUT2D eigenvalue weighted by Gasteiger charge is -2.57. The van der Waals surface area contributed by atoms with E-state index in [-0.39, 0.29) is 0 Å². The van der Waals surface area contributed by atoms with Crippen LogP contribution in [-0.4, -0.2) is 16.7 Å². The Balaban J connectivity index is 1.40. The first-order valence-corrected chi connectivity index (χ1v) is 8.70. The van der Waals surface area contributed by atoms with Crippen molar-refractivity contribution in [3.63, 3.8) is 0 Å². The molecule has 5 fully saturated rings. The standard InChI is InChI=1S/C16H26N2S/c19-15(17-14-3-1-2-4-14)18-16-8-11-5-12(9-16)7-13(6-11)10-16/h11-14H,1-10H2,(H2,17,18,19). The van der Waals surface area contributed by atoms with Crippen molar-refractivity contribution in [2.75, 3.05) is 0 Å². The summed E-state index contributed by atoms with van der Waals surface area (Å²) in [7, 11) is 0. The van der Waals surface area contributed by atoms with E-state index in [1.54, 1.807) is 0 Å². The van der Waals surface area contributed by atoms with Gasteiger partial charge in [-0.05, 0) is 81.3 Å². The summed E-state index contributed by atoms with van der Waals surface area (Å²) in [4.78, 5) is 0. The van der Waals surface area contributed by atoms with Gasteiger partial charge in [-0.25, -0.2) is 0 Å². The van der Waals surface area contributed by atoms with E-state index in [1.165, 1.54) is 64.2 Å². The predicted octanol–water partition coefficient (Wildman–Crippen LogP) is 3.36. The zero-order valence-electron chi connectivity index (χ0n) is 11.8. The third-order valence-corrected chi connectivity index (χ3v) is 6.33. The molecule has 5 saturated carbocycles. The fraction of sp³-hybridized carbons (Fsp3) is 0.938. The van der Waals surface area contributed by atoms with Crippen molar-refractivity contribution in [3.8, 4) is 0 Å². The van der Waals surface area contributed by atoms with Gasteiger partial charge in [0, 0.05) is 11.6 Å². The first-order chi connectivity index (χ1) is 9.21. The summed E-state index contributed by atoms with van der Waals surface area (Å²) < 4.78 is 0. The highest BCUT2D eigenvalue weighted by Crippen LogP contribution is 2.55. The van der Waals surface area contributed by atoms with Gasteiger partial charge in [-0.15, -0.1) is 0 Å². The van der Waals surface area contributed by atoms with E-state index in [9.17, 15) is 0 Å². The molecule has 0 unspecified atom stereocenters. The molecule has 19 heavy (non-hydrogen) atoms. The maximum Gasteiger partial charge on any atom is 0.166 e. The van der Waals surface area contributed by atoms with Gasteiger partial charge >= 0.3 is 0 Å². The number of hydrogen-bond donors (Lipinski definition) is 2. The highest BCUT2D eigenvalue weighted by atomic mass is 32.1. The van der Waals surface area contributed by atoms with Gasteiger partial charge in [0.2, 0.25) is 0 Å². The van der Waals surface area contributed by atoms with E-state index in [0.29, 0.717) is 11.6 Å². The van der Waals surface area contributed by atoms with Crippen LogP contribution >= 0.6 is 12.2 Å². The summed E-state index contributed by atoms with van der Waals surface area (Å²) in [6.45, 7) is 0. The second kappa shape index (κ2) is 4.61. The van der Waals surface area contributed by atoms with E-state index < -0.39 is 0 Å². The van der Waals surface area contributed by atoms with E-state index in [2.05, 4.69) is 10.6 Å². The Bertz CT molecular complexity index is 338. The lowest BCUT2D eigenvalue weighted by atomic mass is 9.53. The van der Waals surface area contributed by atoms with Crippen LogP contribution in [0.3, 0.4) is 0 Å². The molecule has 106 valence electrons. The molecule has 5 aliphatic carbocycles. The molecule has 0 aliphatic heterocycles. The van der Waals surface area contributed by atoms with Crippen LogP contribution in [0.25, 0.3) is 0 Å². The zero-order valence-corrected chi connectivity index (χ0v) is 12.6. The van der Waals surface area contributed by atoms with Gasteiger partial charge in [-0.3, -0.25) is 0 Å². The molecular weight excluding hydrogens is 252 g/mol. The molecule has 2 nitrogen and oxygen atoms in total. The van der Waals surface area contributed by atoms with Crippen molar-refractivity contribution in [1.82, 2.24) is 10.6 Å². The molecule has 0 saturated heterocycles. The molecule has 5 aliphatic rings. The SMILES string of the molecule is S=C(NC1CCCC1)NC12CC3CC(CC(C3)C1)C2. The van der Waals surface area contributed by atoms with Crippen molar-refractivity contribution in [1.29, 1.82) is 0 Å². The smallest absolute Gasteiger partial charge is 0.166 e. The minimum Gasteiger partial charge on any atom is -0.360 e. The van der Waals surface area contributed by atoms with Crippen LogP contribution in [0.5, 0.6) is 0 Å². The average molecular weight is 278 g/mol. The second-order valence-corrected chi connectivity index (χ2v) is 8.19. The fourth-order valence-electron chi connectivity index (χ4n) is 5.80. The van der Waals surface area contributed by atoms with Gasteiger partial charge in [0.25, 0.3) is 0 Å². The van der Waals surface area contributed by atoms with Crippen LogP contribution in [0.15, 0.2) is 0 Å². The van der Waals surface area contributed by atoms with E-state index in [4.69, 9.17) is 12.2 Å². The Morgan fingerprint density at radius 1 is 0.895 bits per heavy atom. The van der Waals surface area contributed by atoms with Crippen molar-refractivity contribution in [2.24, 2.45) is 17.8 Å². The van der Waals surface area contributed by atoms with Gasteiger partial charge < -0.3 is 10.6 Å². The third kappa shape index (κ3) is 2.39. The van der Waals surface area contributed by atoms with E-state index in [1.807, 2.05) is 0 Å². The largest absolute Gasteiger partial charge is 0.360 e. The fourth-order valence-corrected chi connectivity index (χ4v) is 6.18. The molecule has 4 bridgehead atoms. The molecule has 0 aromatic carbocycles. The van der Waals surface area contributed by atoms with Crippen molar-refractivity contribution in [2.45, 2.75) is 75.8 Å². The van der Waals surface area contributed by atoms with Crippen molar-refractivity contribution >= 4 is 17.3 Å². The summed E-state index contributed by atoms with van der Waals surface area (Å²) in [5.41, 5.74) is 0.372. The zero-order chi connectivity index (χ0) is 12.9. The summed E-state index contributed by atoms with van der Waals surface area (Å²) in [5.74, 6) is 2.98. The Hall–Kier alpha value is -0.310. The van der Waals surface area contributed by atoms with E-state index >= 15 is 0 Å². The van der Waals surface area contributed by atoms with Crippen LogP contribution in [0.4, 0.5) is 0 Å². The summed E-state index contributed by atoms with van der Waals surface area (Å²) in [6.07, 6.45) is 14.0. The molecule has 0 radical (unpaired) electrons. The quantitative estimate of drug-likeness (QED) is 0.757. The summed E-state index contributed by atoms with van der Waals surface area (Å²) in [6, 6.07) is 0.647. The van der Waals surface area contributed by atoms with Crippen LogP contribution in [0.1, 0.15) is 64.2 Å². The Kier molecular flexibility index (Phi) is 3.02. The number of rotatable bonds is 2. The highest BCUT2D eigenvalue weighted by Gasteiger charge is 2.51. The molecule has 0 aromatic rings. The van der Waals surface area contributed by atoms with Gasteiger partial charge in [-0.1, -0.05) is 12.8 Å². The Morgan fingerprint density at radius 3 is 1.95 bits per heavy atom. The molecule has 0 atom stereocenters. The second-order valence-electron chi connectivity index (χ2n) is 7.78. The maximum absolute atomic E-state index is 5.60. The van der Waals surface area contributed by atoms with Crippen molar-refractivity contribution < 1.29 is 0 Å². The normalized spacial score (nSPS) is 44.5. The van der Waals surface area contributed by atoms with Gasteiger partial charge in [0.1, 0.15) is 0 Å². The minimum absolute atomic E-state index is 0.372. The van der Waals surface area contributed by atoms with Crippen LogP contribution in [-0.2, 0) is 0 Å². The molecule has 0 heterocycles. The molecular formula is C16H26N2S. The lowest BCUT2D eigenvalue weighted by Crippen LogP contribution is -2.61. The first kappa shape index (κ1) is 12.4. The number of nitrogens with one attached hydrogen (secondary N) is 2. The molecule has 2 N–H and O–H groups in total. The maximum atomic E-state index is 5.60. The van der Waals surface area contributed by atoms with Crippen LogP contribution in [0, 0.1) is 17.8 Å². The average Bonchev–Trinajstić information content (AvgIpc) is 2.78. The van der Waals surface area contributed by atoms with Gasteiger partial charge in [0.05, 0.1) is 0 Å². The highest BCUT2D eigenvalue weighted by molar-refractivity contribution is 7.80. The van der Waals surface area contributed by atoms with Gasteiger partial charge in [0.15, 0.2) is 5.11 Å². The molecule has 5 rings (SSSR count). The van der Waals surface area contributed by atoms with Crippen LogP contribution < -0.4 is 10.6 Å². The monoisotopic (exact) mass is 278 g/mol. The topological polar surface area (TPSA) is 24.1 Å². The van der Waals surface area contributed by atoms with Crippen LogP contribution in [0.2, 0.25) is 0 Å².